The van der Waals surface area contributed by atoms with Crippen molar-refractivity contribution in [3.8, 4) is 0 Å². The normalized spacial score (nSPS) is 21.6. The van der Waals surface area contributed by atoms with Crippen LogP contribution in [0, 0.1) is 11.8 Å². The molecular formula is C13H26N2. The zero-order chi connectivity index (χ0) is 10.7. The first-order valence-corrected chi connectivity index (χ1v) is 6.70. The zero-order valence-electron chi connectivity index (χ0n) is 10.3. The highest BCUT2D eigenvalue weighted by molar-refractivity contribution is 4.80. The second kappa shape index (κ2) is 5.31. The van der Waals surface area contributed by atoms with Crippen molar-refractivity contribution in [2.45, 2.75) is 45.6 Å². The Hall–Kier alpha value is -0.0800. The summed E-state index contributed by atoms with van der Waals surface area (Å²) in [4.78, 5) is 2.64. The van der Waals surface area contributed by atoms with Gasteiger partial charge in [-0.05, 0) is 57.9 Å². The predicted molar refractivity (Wildman–Crippen MR) is 65.0 cm³/mol. The maximum atomic E-state index is 3.58. The van der Waals surface area contributed by atoms with E-state index < -0.39 is 0 Å². The van der Waals surface area contributed by atoms with Gasteiger partial charge < -0.3 is 5.32 Å². The molecule has 0 unspecified atom stereocenters. The highest BCUT2D eigenvalue weighted by atomic mass is 15.2. The lowest BCUT2D eigenvalue weighted by Crippen LogP contribution is -2.38. The molecule has 2 rings (SSSR count). The van der Waals surface area contributed by atoms with Crippen LogP contribution >= 0.6 is 0 Å². The standard InChI is InChI=1S/C13H26N2/c1-11(2)15(10-13-5-6-13)8-7-14-9-12-3-4-12/h11-14H,3-10H2,1-2H3. The fraction of sp³-hybridized carbons (Fsp3) is 1.00. The van der Waals surface area contributed by atoms with Crippen LogP contribution < -0.4 is 5.32 Å². The lowest BCUT2D eigenvalue weighted by atomic mass is 10.2. The van der Waals surface area contributed by atoms with Crippen LogP contribution in [0.25, 0.3) is 0 Å². The fourth-order valence-electron chi connectivity index (χ4n) is 2.04. The molecule has 2 heteroatoms. The monoisotopic (exact) mass is 210 g/mol. The summed E-state index contributed by atoms with van der Waals surface area (Å²) in [5, 5.41) is 3.58. The Morgan fingerprint density at radius 3 is 2.33 bits per heavy atom. The van der Waals surface area contributed by atoms with Crippen molar-refractivity contribution in [1.29, 1.82) is 0 Å². The van der Waals surface area contributed by atoms with Gasteiger partial charge in [0, 0.05) is 25.7 Å². The Kier molecular flexibility index (Phi) is 4.04. The smallest absolute Gasteiger partial charge is 0.0110 e. The number of nitrogens with zero attached hydrogens (tertiary/aromatic N) is 1. The van der Waals surface area contributed by atoms with E-state index in [0.717, 1.165) is 11.8 Å². The Bertz CT molecular complexity index is 183. The lowest BCUT2D eigenvalue weighted by Gasteiger charge is -2.26. The average molecular weight is 210 g/mol. The number of hydrogen-bond donors (Lipinski definition) is 1. The van der Waals surface area contributed by atoms with Crippen molar-refractivity contribution in [1.82, 2.24) is 10.2 Å². The van der Waals surface area contributed by atoms with Crippen LogP contribution in [0.1, 0.15) is 39.5 Å². The Morgan fingerprint density at radius 2 is 1.80 bits per heavy atom. The first-order chi connectivity index (χ1) is 7.25. The van der Waals surface area contributed by atoms with Crippen LogP contribution in [0.3, 0.4) is 0 Å². The van der Waals surface area contributed by atoms with Crippen LogP contribution in [-0.4, -0.2) is 37.1 Å². The highest BCUT2D eigenvalue weighted by Gasteiger charge is 2.25. The van der Waals surface area contributed by atoms with E-state index >= 15 is 0 Å². The average Bonchev–Trinajstić information content (AvgIpc) is 3.03. The van der Waals surface area contributed by atoms with Gasteiger partial charge in [0.1, 0.15) is 0 Å². The Morgan fingerprint density at radius 1 is 1.13 bits per heavy atom. The van der Waals surface area contributed by atoms with Crippen LogP contribution in [-0.2, 0) is 0 Å². The van der Waals surface area contributed by atoms with E-state index in [4.69, 9.17) is 0 Å². The fourth-order valence-corrected chi connectivity index (χ4v) is 2.04. The quantitative estimate of drug-likeness (QED) is 0.617. The van der Waals surface area contributed by atoms with Gasteiger partial charge in [-0.1, -0.05) is 0 Å². The first-order valence-electron chi connectivity index (χ1n) is 6.70. The van der Waals surface area contributed by atoms with Crippen LogP contribution in [0.4, 0.5) is 0 Å². The van der Waals surface area contributed by atoms with Gasteiger partial charge in [-0.3, -0.25) is 4.90 Å². The molecule has 0 atom stereocenters. The van der Waals surface area contributed by atoms with Gasteiger partial charge in [-0.15, -0.1) is 0 Å². The van der Waals surface area contributed by atoms with Gasteiger partial charge >= 0.3 is 0 Å². The van der Waals surface area contributed by atoms with Gasteiger partial charge in [-0.25, -0.2) is 0 Å². The molecule has 0 aliphatic heterocycles. The number of rotatable bonds is 8. The molecule has 1 N–H and O–H groups in total. The van der Waals surface area contributed by atoms with Gasteiger partial charge in [0.15, 0.2) is 0 Å². The van der Waals surface area contributed by atoms with Crippen molar-refractivity contribution in [3.63, 3.8) is 0 Å². The summed E-state index contributed by atoms with van der Waals surface area (Å²) in [6, 6.07) is 0.716. The summed E-state index contributed by atoms with van der Waals surface area (Å²) in [6.45, 7) is 9.66. The van der Waals surface area contributed by atoms with E-state index in [1.54, 1.807) is 0 Å². The highest BCUT2D eigenvalue weighted by Crippen LogP contribution is 2.30. The molecule has 0 aromatic rings. The van der Waals surface area contributed by atoms with Gasteiger partial charge in [-0.2, -0.15) is 0 Å². The summed E-state index contributed by atoms with van der Waals surface area (Å²) in [7, 11) is 0. The van der Waals surface area contributed by atoms with Crippen molar-refractivity contribution >= 4 is 0 Å². The molecule has 0 saturated heterocycles. The SMILES string of the molecule is CC(C)N(CCNCC1CC1)CC1CC1. The van der Waals surface area contributed by atoms with Crippen LogP contribution in [0.15, 0.2) is 0 Å². The summed E-state index contributed by atoms with van der Waals surface area (Å²) >= 11 is 0. The van der Waals surface area contributed by atoms with E-state index in [0.29, 0.717) is 6.04 Å². The predicted octanol–water partition coefficient (Wildman–Crippen LogP) is 2.11. The molecule has 15 heavy (non-hydrogen) atoms. The summed E-state index contributed by atoms with van der Waals surface area (Å²) in [6.07, 6.45) is 5.86. The van der Waals surface area contributed by atoms with E-state index in [-0.39, 0.29) is 0 Å². The third-order valence-corrected chi connectivity index (χ3v) is 3.63. The van der Waals surface area contributed by atoms with Gasteiger partial charge in [0.05, 0.1) is 0 Å². The molecule has 88 valence electrons. The van der Waals surface area contributed by atoms with Gasteiger partial charge in [0.25, 0.3) is 0 Å². The Balaban J connectivity index is 1.54. The van der Waals surface area contributed by atoms with Crippen LogP contribution in [0.2, 0.25) is 0 Å². The molecule has 2 fully saturated rings. The third kappa shape index (κ3) is 4.52. The maximum absolute atomic E-state index is 3.58. The minimum Gasteiger partial charge on any atom is -0.315 e. The topological polar surface area (TPSA) is 15.3 Å². The van der Waals surface area contributed by atoms with E-state index in [1.165, 1.54) is 51.9 Å². The van der Waals surface area contributed by atoms with Crippen molar-refractivity contribution in [3.05, 3.63) is 0 Å². The van der Waals surface area contributed by atoms with Crippen molar-refractivity contribution in [2.75, 3.05) is 26.2 Å². The molecule has 0 aromatic heterocycles. The van der Waals surface area contributed by atoms with E-state index in [2.05, 4.69) is 24.1 Å². The van der Waals surface area contributed by atoms with Crippen molar-refractivity contribution < 1.29 is 0 Å². The first kappa shape index (κ1) is 11.4. The third-order valence-electron chi connectivity index (χ3n) is 3.63. The minimum absolute atomic E-state index is 0.716. The van der Waals surface area contributed by atoms with Crippen LogP contribution in [0.5, 0.6) is 0 Å². The molecule has 0 bridgehead atoms. The number of nitrogens with one attached hydrogen (secondary N) is 1. The molecule has 2 nitrogen and oxygen atoms in total. The molecule has 0 aromatic carbocycles. The van der Waals surface area contributed by atoms with E-state index in [9.17, 15) is 0 Å². The minimum atomic E-state index is 0.716. The lowest BCUT2D eigenvalue weighted by molar-refractivity contribution is 0.213. The molecule has 0 heterocycles. The van der Waals surface area contributed by atoms with Gasteiger partial charge in [0.2, 0.25) is 0 Å². The molecule has 2 aliphatic carbocycles. The molecule has 0 spiro atoms. The second-order valence-corrected chi connectivity index (χ2v) is 5.68. The summed E-state index contributed by atoms with van der Waals surface area (Å²) in [5.74, 6) is 2.04. The van der Waals surface area contributed by atoms with E-state index in [1.807, 2.05) is 0 Å². The summed E-state index contributed by atoms with van der Waals surface area (Å²) < 4.78 is 0. The largest absolute Gasteiger partial charge is 0.315 e. The molecular weight excluding hydrogens is 184 g/mol. The molecule has 0 amide bonds. The molecule has 2 saturated carbocycles. The second-order valence-electron chi connectivity index (χ2n) is 5.68. The molecule has 2 aliphatic rings. The molecule has 0 radical (unpaired) electrons. The Labute approximate surface area is 94.4 Å². The van der Waals surface area contributed by atoms with Crippen molar-refractivity contribution in [2.24, 2.45) is 11.8 Å². The summed E-state index contributed by atoms with van der Waals surface area (Å²) in [5.41, 5.74) is 0. The number of hydrogen-bond acceptors (Lipinski definition) is 2. The maximum Gasteiger partial charge on any atom is 0.0110 e. The zero-order valence-corrected chi connectivity index (χ0v) is 10.3.